The van der Waals surface area contributed by atoms with Crippen molar-refractivity contribution in [2.45, 2.75) is 26.2 Å². The zero-order chi connectivity index (χ0) is 9.68. The first-order valence-electron chi connectivity index (χ1n) is 4.57. The molecule has 1 heterocycles. The second-order valence-electron chi connectivity index (χ2n) is 3.07. The molecule has 0 radical (unpaired) electrons. The summed E-state index contributed by atoms with van der Waals surface area (Å²) in [5.74, 6) is 0. The number of rotatable bonds is 4. The molecule has 13 heavy (non-hydrogen) atoms. The summed E-state index contributed by atoms with van der Waals surface area (Å²) in [5.41, 5.74) is 0. The Kier molecular flexibility index (Phi) is 4.42. The molecule has 0 saturated heterocycles. The Labute approximate surface area is 85.2 Å². The van der Waals surface area contributed by atoms with Crippen LogP contribution in [0.4, 0.5) is 4.79 Å². The molecule has 0 atom stereocenters. The Morgan fingerprint density at radius 2 is 2.31 bits per heavy atom. The monoisotopic (exact) mass is 286 g/mol. The molecule has 3 heteroatoms. The molecule has 1 aliphatic rings. The van der Waals surface area contributed by atoms with Gasteiger partial charge in [0.2, 0.25) is 0 Å². The SMILES string of the molecule is CCCC[C]1=[Sn]([C](=O)O)[CH]=CC=C1. The van der Waals surface area contributed by atoms with Crippen molar-refractivity contribution in [3.05, 3.63) is 22.3 Å². The van der Waals surface area contributed by atoms with E-state index in [0.29, 0.717) is 0 Å². The standard InChI is InChI=1S/C9H13.CHO2.Sn/c1-3-5-7-9-8-6-4-2;2-1-3;/h1,3,5,7H,4,6,8H2,2H3;(H,2,3);. The Hall–Kier alpha value is -0.381. The molecular weight excluding hydrogens is 271 g/mol. The first-order valence-corrected chi connectivity index (χ1v) is 9.07. The summed E-state index contributed by atoms with van der Waals surface area (Å²) in [6.45, 7) is 2.13. The van der Waals surface area contributed by atoms with E-state index >= 15 is 0 Å². The van der Waals surface area contributed by atoms with E-state index < -0.39 is 23.3 Å². The van der Waals surface area contributed by atoms with Gasteiger partial charge in [-0.05, 0) is 0 Å². The molecule has 0 saturated carbocycles. The first-order chi connectivity index (χ1) is 6.25. The Morgan fingerprint density at radius 3 is 2.92 bits per heavy atom. The van der Waals surface area contributed by atoms with E-state index in [1.54, 1.807) is 0 Å². The normalized spacial score (nSPS) is 15.2. The minimum atomic E-state index is -2.36. The van der Waals surface area contributed by atoms with Gasteiger partial charge < -0.3 is 0 Å². The molecule has 1 rings (SSSR count). The van der Waals surface area contributed by atoms with E-state index in [0.717, 1.165) is 19.3 Å². The van der Waals surface area contributed by atoms with E-state index in [9.17, 15) is 4.79 Å². The summed E-state index contributed by atoms with van der Waals surface area (Å²) < 4.78 is 2.61. The van der Waals surface area contributed by atoms with Gasteiger partial charge in [0.1, 0.15) is 0 Å². The second kappa shape index (κ2) is 5.37. The van der Waals surface area contributed by atoms with Crippen molar-refractivity contribution in [2.75, 3.05) is 0 Å². The Balaban J connectivity index is 2.80. The molecule has 1 N–H and O–H groups in total. The molecule has 0 amide bonds. The van der Waals surface area contributed by atoms with Crippen LogP contribution < -0.4 is 0 Å². The van der Waals surface area contributed by atoms with E-state index in [4.69, 9.17) is 5.11 Å². The van der Waals surface area contributed by atoms with Crippen LogP contribution in [0.5, 0.6) is 0 Å². The van der Waals surface area contributed by atoms with Crippen LogP contribution in [0.3, 0.4) is 0 Å². The van der Waals surface area contributed by atoms with Gasteiger partial charge in [-0.1, -0.05) is 0 Å². The molecular formula is C10H14O2Sn. The van der Waals surface area contributed by atoms with Crippen LogP contribution in [0.25, 0.3) is 0 Å². The van der Waals surface area contributed by atoms with E-state index in [1.807, 2.05) is 22.3 Å². The third-order valence-corrected chi connectivity index (χ3v) is 8.03. The summed E-state index contributed by atoms with van der Waals surface area (Å²) in [6, 6.07) is 0. The summed E-state index contributed by atoms with van der Waals surface area (Å²) in [6.07, 6.45) is 9.09. The van der Waals surface area contributed by atoms with Gasteiger partial charge in [0.15, 0.2) is 0 Å². The van der Waals surface area contributed by atoms with Crippen molar-refractivity contribution in [1.29, 1.82) is 0 Å². The van der Waals surface area contributed by atoms with Gasteiger partial charge in [-0.2, -0.15) is 0 Å². The van der Waals surface area contributed by atoms with Gasteiger partial charge in [0.05, 0.1) is 0 Å². The molecule has 0 aromatic heterocycles. The van der Waals surface area contributed by atoms with Gasteiger partial charge in [-0.15, -0.1) is 0 Å². The molecule has 0 bridgehead atoms. The van der Waals surface area contributed by atoms with Crippen molar-refractivity contribution in [1.82, 2.24) is 0 Å². The van der Waals surface area contributed by atoms with Crippen LogP contribution in [0.2, 0.25) is 0 Å². The molecule has 2 nitrogen and oxygen atoms in total. The minimum absolute atomic E-state index is 0.547. The average molecular weight is 285 g/mol. The molecule has 0 fully saturated rings. The van der Waals surface area contributed by atoms with Crippen LogP contribution in [0, 0.1) is 0 Å². The Morgan fingerprint density at radius 1 is 1.54 bits per heavy atom. The van der Waals surface area contributed by atoms with Gasteiger partial charge in [0.25, 0.3) is 0 Å². The van der Waals surface area contributed by atoms with Gasteiger partial charge in [-0.3, -0.25) is 0 Å². The van der Waals surface area contributed by atoms with Crippen molar-refractivity contribution >= 4 is 26.8 Å². The number of hydrogen-bond donors (Lipinski definition) is 1. The second-order valence-corrected chi connectivity index (χ2v) is 9.43. The van der Waals surface area contributed by atoms with Crippen molar-refractivity contribution in [3.63, 3.8) is 0 Å². The predicted molar refractivity (Wildman–Crippen MR) is 56.6 cm³/mol. The topological polar surface area (TPSA) is 37.3 Å². The van der Waals surface area contributed by atoms with Crippen LogP contribution >= 0.6 is 0 Å². The number of allylic oxidation sites excluding steroid dienone is 3. The number of unbranched alkanes of at least 4 members (excludes halogenated alkanes) is 1. The maximum absolute atomic E-state index is 10.9. The van der Waals surface area contributed by atoms with Gasteiger partial charge in [0, 0.05) is 0 Å². The summed E-state index contributed by atoms with van der Waals surface area (Å²) >= 11 is -2.36. The molecule has 0 aliphatic carbocycles. The molecule has 0 aromatic carbocycles. The zero-order valence-electron chi connectivity index (χ0n) is 7.79. The first kappa shape index (κ1) is 10.7. The van der Waals surface area contributed by atoms with Crippen LogP contribution in [0.15, 0.2) is 22.3 Å². The van der Waals surface area contributed by atoms with E-state index in [2.05, 4.69) is 6.92 Å². The van der Waals surface area contributed by atoms with Crippen molar-refractivity contribution in [3.8, 4) is 0 Å². The van der Waals surface area contributed by atoms with Crippen LogP contribution in [-0.4, -0.2) is 31.9 Å². The Bertz CT molecular complexity index is 287. The molecule has 0 aromatic rings. The fourth-order valence-electron chi connectivity index (χ4n) is 1.31. The quantitative estimate of drug-likeness (QED) is 0.805. The number of carboxylic acid groups (broad SMARTS) is 1. The average Bonchev–Trinajstić information content (AvgIpc) is 2.15. The third kappa shape index (κ3) is 3.10. The number of hydrogen-bond acceptors (Lipinski definition) is 1. The third-order valence-electron chi connectivity index (χ3n) is 2.05. The fraction of sp³-hybridized carbons (Fsp3) is 0.400. The van der Waals surface area contributed by atoms with Crippen LogP contribution in [-0.2, 0) is 0 Å². The summed E-state index contributed by atoms with van der Waals surface area (Å²) in [7, 11) is 0. The summed E-state index contributed by atoms with van der Waals surface area (Å²) in [4.78, 5) is 10.9. The number of carbonyl (C=O) groups is 1. The zero-order valence-corrected chi connectivity index (χ0v) is 10.6. The van der Waals surface area contributed by atoms with Gasteiger partial charge >= 0.3 is 85.2 Å². The molecule has 70 valence electrons. The van der Waals surface area contributed by atoms with Crippen LogP contribution in [0.1, 0.15) is 26.2 Å². The predicted octanol–water partition coefficient (Wildman–Crippen LogP) is 2.35. The van der Waals surface area contributed by atoms with E-state index in [1.165, 1.54) is 3.52 Å². The van der Waals surface area contributed by atoms with Crippen molar-refractivity contribution in [2.24, 2.45) is 0 Å². The molecule has 0 unspecified atom stereocenters. The molecule has 0 spiro atoms. The maximum atomic E-state index is 10.9. The van der Waals surface area contributed by atoms with E-state index in [-0.39, 0.29) is 0 Å². The van der Waals surface area contributed by atoms with Gasteiger partial charge in [-0.25, -0.2) is 0 Å². The summed E-state index contributed by atoms with van der Waals surface area (Å²) in [5, 5.41) is 8.99. The van der Waals surface area contributed by atoms with Crippen molar-refractivity contribution < 1.29 is 9.90 Å². The fourth-order valence-corrected chi connectivity index (χ4v) is 6.04. The molecule has 1 aliphatic heterocycles.